The summed E-state index contributed by atoms with van der Waals surface area (Å²) in [5.41, 5.74) is 3.39. The van der Waals surface area contributed by atoms with Crippen LogP contribution in [0.5, 0.6) is 0 Å². The molecule has 3 N–H and O–H groups in total. The number of amides is 2. The zero-order valence-electron chi connectivity index (χ0n) is 26.8. The van der Waals surface area contributed by atoms with Crippen molar-refractivity contribution in [3.8, 4) is 11.1 Å². The van der Waals surface area contributed by atoms with E-state index in [2.05, 4.69) is 83.2 Å². The normalized spacial score (nSPS) is 22.2. The number of carbonyl (C=O) groups is 2. The summed E-state index contributed by atoms with van der Waals surface area (Å²) in [6, 6.07) is 15.8. The van der Waals surface area contributed by atoms with E-state index in [0.717, 1.165) is 49.8 Å². The summed E-state index contributed by atoms with van der Waals surface area (Å²) in [6.07, 6.45) is 4.80. The molecule has 0 aromatic heterocycles. The number of hydrogen-bond acceptors (Lipinski definition) is 4. The summed E-state index contributed by atoms with van der Waals surface area (Å²) in [5.74, 6) is -0.0534. The van der Waals surface area contributed by atoms with Gasteiger partial charge in [0.1, 0.15) is 0 Å². The Balaban J connectivity index is 1.37. The summed E-state index contributed by atoms with van der Waals surface area (Å²) in [5, 5.41) is 10.2. The second-order valence-electron chi connectivity index (χ2n) is 15.0. The molecule has 2 aliphatic heterocycles. The van der Waals surface area contributed by atoms with Crippen molar-refractivity contribution in [3.63, 3.8) is 0 Å². The van der Waals surface area contributed by atoms with Gasteiger partial charge in [0.15, 0.2) is 0 Å². The van der Waals surface area contributed by atoms with Crippen LogP contribution in [0.15, 0.2) is 48.5 Å². The summed E-state index contributed by atoms with van der Waals surface area (Å²) in [6.45, 7) is 21.2. The van der Waals surface area contributed by atoms with Crippen molar-refractivity contribution in [2.45, 2.75) is 129 Å². The predicted octanol–water partition coefficient (Wildman–Crippen LogP) is 6.55. The van der Waals surface area contributed by atoms with Crippen LogP contribution in [0.1, 0.15) is 115 Å². The van der Waals surface area contributed by atoms with E-state index in [1.54, 1.807) is 0 Å². The quantitative estimate of drug-likeness (QED) is 0.359. The Hall–Kier alpha value is -2.70. The van der Waals surface area contributed by atoms with Gasteiger partial charge in [-0.05, 0) is 129 Å². The van der Waals surface area contributed by atoms with E-state index in [4.69, 9.17) is 0 Å². The highest BCUT2D eigenvalue weighted by Crippen LogP contribution is 2.38. The number of carbonyl (C=O) groups excluding carboxylic acids is 2. The summed E-state index contributed by atoms with van der Waals surface area (Å²) in [4.78, 5) is 28.8. The number of hydrogen-bond donors (Lipinski definition) is 3. The van der Waals surface area contributed by atoms with Crippen molar-refractivity contribution in [2.24, 2.45) is 0 Å². The van der Waals surface area contributed by atoms with Crippen molar-refractivity contribution < 1.29 is 9.59 Å². The topological polar surface area (TPSA) is 73.5 Å². The predicted molar refractivity (Wildman–Crippen MR) is 169 cm³/mol. The molecule has 224 valence electrons. The maximum Gasteiger partial charge on any atom is 0.251 e. The number of nitrogens with one attached hydrogen (secondary N) is 3. The number of benzene rings is 2. The van der Waals surface area contributed by atoms with Crippen molar-refractivity contribution in [2.75, 3.05) is 6.54 Å². The maximum atomic E-state index is 13.2. The Kier molecular flexibility index (Phi) is 8.78. The van der Waals surface area contributed by atoms with Crippen LogP contribution in [0.4, 0.5) is 0 Å². The molecule has 0 spiro atoms. The number of rotatable bonds is 7. The molecule has 6 heteroatoms. The van der Waals surface area contributed by atoms with Gasteiger partial charge in [-0.25, -0.2) is 0 Å². The van der Waals surface area contributed by atoms with E-state index in [1.165, 1.54) is 0 Å². The lowest BCUT2D eigenvalue weighted by molar-refractivity contribution is -0.0389. The number of likely N-dealkylation sites (tertiary alicyclic amines) is 1. The molecule has 41 heavy (non-hydrogen) atoms. The average molecular weight is 561 g/mol. The van der Waals surface area contributed by atoms with Crippen LogP contribution in [0.3, 0.4) is 0 Å². The first-order valence-electron chi connectivity index (χ1n) is 15.4. The second kappa shape index (κ2) is 11.5. The Bertz CT molecular complexity index is 1190. The van der Waals surface area contributed by atoms with Gasteiger partial charge in [-0.3, -0.25) is 14.5 Å². The second-order valence-corrected chi connectivity index (χ2v) is 15.0. The lowest BCUT2D eigenvalue weighted by Crippen LogP contribution is -2.64. The van der Waals surface area contributed by atoms with Crippen LogP contribution in [-0.4, -0.2) is 57.5 Å². The molecule has 0 aliphatic carbocycles. The largest absolute Gasteiger partial charge is 0.349 e. The Labute approximate surface area is 248 Å². The fourth-order valence-electron chi connectivity index (χ4n) is 7.84. The highest BCUT2D eigenvalue weighted by atomic mass is 16.2. The third kappa shape index (κ3) is 7.58. The van der Waals surface area contributed by atoms with E-state index in [-0.39, 0.29) is 46.1 Å². The van der Waals surface area contributed by atoms with Crippen LogP contribution in [0.25, 0.3) is 11.1 Å². The third-order valence-electron chi connectivity index (χ3n) is 8.89. The van der Waals surface area contributed by atoms with Crippen molar-refractivity contribution in [3.05, 3.63) is 59.7 Å². The standard InChI is InChI=1S/C35H52N4O2/c1-10-19-39-34(6,7)22-29(23-35(39,8)9)37-31(41)27-17-13-25(14-18-27)24-11-15-26(16-12-24)30(40)36-28-20-32(2,3)38-33(4,5)21-28/h11-18,28-29,38H,10,19-23H2,1-9H3,(H,36,40)(H,37,41). The lowest BCUT2D eigenvalue weighted by Gasteiger charge is -2.55. The fraction of sp³-hybridized carbons (Fsp3) is 0.600. The van der Waals surface area contributed by atoms with E-state index < -0.39 is 0 Å². The van der Waals surface area contributed by atoms with Gasteiger partial charge in [0.25, 0.3) is 11.8 Å². The summed E-state index contributed by atoms with van der Waals surface area (Å²) in [7, 11) is 0. The number of nitrogens with zero attached hydrogens (tertiary/aromatic N) is 1. The molecule has 2 aliphatic rings. The monoisotopic (exact) mass is 560 g/mol. The van der Waals surface area contributed by atoms with Gasteiger partial charge in [-0.15, -0.1) is 0 Å². The molecule has 2 amide bonds. The first-order valence-corrected chi connectivity index (χ1v) is 15.4. The summed E-state index contributed by atoms with van der Waals surface area (Å²) >= 11 is 0. The lowest BCUT2D eigenvalue weighted by atomic mass is 9.76. The molecule has 2 heterocycles. The van der Waals surface area contributed by atoms with E-state index in [9.17, 15) is 9.59 Å². The maximum absolute atomic E-state index is 13.2. The molecule has 2 fully saturated rings. The van der Waals surface area contributed by atoms with Crippen molar-refractivity contribution in [1.29, 1.82) is 0 Å². The molecule has 0 atom stereocenters. The minimum Gasteiger partial charge on any atom is -0.349 e. The third-order valence-corrected chi connectivity index (χ3v) is 8.89. The Morgan fingerprint density at radius 2 is 1.05 bits per heavy atom. The highest BCUT2D eigenvalue weighted by molar-refractivity contribution is 5.96. The van der Waals surface area contributed by atoms with Gasteiger partial charge in [0.2, 0.25) is 0 Å². The van der Waals surface area contributed by atoms with Gasteiger partial charge in [-0.1, -0.05) is 31.2 Å². The van der Waals surface area contributed by atoms with Gasteiger partial charge >= 0.3 is 0 Å². The smallest absolute Gasteiger partial charge is 0.251 e. The number of piperidine rings is 2. The average Bonchev–Trinajstić information content (AvgIpc) is 2.84. The molecule has 0 radical (unpaired) electrons. The summed E-state index contributed by atoms with van der Waals surface area (Å²) < 4.78 is 0. The minimum atomic E-state index is -0.0334. The van der Waals surface area contributed by atoms with Crippen LogP contribution in [0, 0.1) is 0 Å². The van der Waals surface area contributed by atoms with Gasteiger partial charge < -0.3 is 16.0 Å². The molecule has 6 nitrogen and oxygen atoms in total. The molecule has 2 aromatic rings. The first kappa shape index (κ1) is 31.2. The molecular formula is C35H52N4O2. The van der Waals surface area contributed by atoms with Crippen LogP contribution in [0.2, 0.25) is 0 Å². The minimum absolute atomic E-state index is 0.0200. The van der Waals surface area contributed by atoms with Gasteiger partial charge in [0.05, 0.1) is 0 Å². The van der Waals surface area contributed by atoms with E-state index in [0.29, 0.717) is 11.1 Å². The molecule has 0 unspecified atom stereocenters. The molecule has 2 aromatic carbocycles. The molecule has 2 saturated heterocycles. The zero-order valence-corrected chi connectivity index (χ0v) is 26.8. The van der Waals surface area contributed by atoms with Crippen LogP contribution >= 0.6 is 0 Å². The Morgan fingerprint density at radius 1 is 0.683 bits per heavy atom. The first-order chi connectivity index (χ1) is 19.0. The van der Waals surface area contributed by atoms with Gasteiger partial charge in [-0.2, -0.15) is 0 Å². The van der Waals surface area contributed by atoms with E-state index in [1.807, 2.05) is 48.5 Å². The molecule has 0 saturated carbocycles. The van der Waals surface area contributed by atoms with Crippen LogP contribution < -0.4 is 16.0 Å². The highest BCUT2D eigenvalue weighted by Gasteiger charge is 2.45. The fourth-order valence-corrected chi connectivity index (χ4v) is 7.84. The molecule has 0 bridgehead atoms. The van der Waals surface area contributed by atoms with Crippen molar-refractivity contribution in [1.82, 2.24) is 20.9 Å². The molecule has 4 rings (SSSR count). The van der Waals surface area contributed by atoms with Crippen LogP contribution in [-0.2, 0) is 0 Å². The van der Waals surface area contributed by atoms with E-state index >= 15 is 0 Å². The SMILES string of the molecule is CCCN1C(C)(C)CC(NC(=O)c2ccc(-c3ccc(C(=O)NC4CC(C)(C)NC(C)(C)C4)cc3)cc2)CC1(C)C. The zero-order chi connectivity index (χ0) is 30.2. The van der Waals surface area contributed by atoms with Gasteiger partial charge in [0, 0.05) is 45.4 Å². The molecular weight excluding hydrogens is 508 g/mol. The van der Waals surface area contributed by atoms with Crippen molar-refractivity contribution >= 4 is 11.8 Å². The Morgan fingerprint density at radius 3 is 1.41 bits per heavy atom.